The minimum atomic E-state index is -0.521. The molecule has 1 saturated heterocycles. The molecule has 2 heterocycles. The number of carbonyl (C=O) groups is 3. The van der Waals surface area contributed by atoms with Gasteiger partial charge in [-0.05, 0) is 58.6 Å². The summed E-state index contributed by atoms with van der Waals surface area (Å²) in [5.41, 5.74) is 0.941. The third-order valence-corrected chi connectivity index (χ3v) is 7.00. The van der Waals surface area contributed by atoms with E-state index in [1.54, 1.807) is 19.0 Å². The number of carbonyl (C=O) groups excluding carboxylic acids is 3. The lowest BCUT2D eigenvalue weighted by Gasteiger charge is -2.39. The average Bonchev–Trinajstić information content (AvgIpc) is 3.55. The monoisotopic (exact) mass is 514 g/mol. The van der Waals surface area contributed by atoms with Gasteiger partial charge in [0.25, 0.3) is 5.91 Å². The Morgan fingerprint density at radius 2 is 1.61 bits per heavy atom. The van der Waals surface area contributed by atoms with Gasteiger partial charge < -0.3 is 19.4 Å². The molecule has 10 nitrogen and oxygen atoms in total. The second-order valence-corrected chi connectivity index (χ2v) is 11.4. The molecule has 0 bridgehead atoms. The highest BCUT2D eigenvalue weighted by Crippen LogP contribution is 2.34. The zero-order valence-electron chi connectivity index (χ0n) is 21.5. The highest BCUT2D eigenvalue weighted by atomic mass is 32.1. The van der Waals surface area contributed by atoms with Crippen molar-refractivity contribution in [3.63, 3.8) is 0 Å². The number of likely N-dealkylation sites (tertiary alicyclic amines) is 1. The van der Waals surface area contributed by atoms with Crippen LogP contribution in [-0.4, -0.2) is 87.8 Å². The van der Waals surface area contributed by atoms with E-state index in [0.717, 1.165) is 31.2 Å². The number of ether oxygens (including phenoxy) is 1. The molecule has 1 aromatic heterocycles. The molecule has 0 radical (unpaired) electrons. The van der Waals surface area contributed by atoms with Crippen LogP contribution in [0.1, 0.15) is 56.8 Å². The molecule has 0 unspecified atom stereocenters. The fraction of sp³-hybridized carbons (Fsp3) is 0.560. The van der Waals surface area contributed by atoms with Crippen LogP contribution in [0.4, 0.5) is 14.7 Å². The first-order valence-corrected chi connectivity index (χ1v) is 13.1. The van der Waals surface area contributed by atoms with Crippen LogP contribution < -0.4 is 5.32 Å². The van der Waals surface area contributed by atoms with Crippen LogP contribution in [-0.2, 0) is 4.74 Å². The van der Waals surface area contributed by atoms with Crippen LogP contribution in [0.2, 0.25) is 0 Å². The Labute approximate surface area is 215 Å². The summed E-state index contributed by atoms with van der Waals surface area (Å²) in [6.45, 7) is 6.76. The van der Waals surface area contributed by atoms with Gasteiger partial charge in [-0.1, -0.05) is 23.5 Å². The molecule has 2 aromatic rings. The van der Waals surface area contributed by atoms with Gasteiger partial charge in [-0.2, -0.15) is 0 Å². The summed E-state index contributed by atoms with van der Waals surface area (Å²) in [6.07, 6.45) is 3.23. The van der Waals surface area contributed by atoms with E-state index in [9.17, 15) is 14.4 Å². The van der Waals surface area contributed by atoms with Crippen molar-refractivity contribution in [1.29, 1.82) is 0 Å². The van der Waals surface area contributed by atoms with Crippen molar-refractivity contribution in [2.45, 2.75) is 64.1 Å². The molecule has 1 aliphatic carbocycles. The molecule has 1 saturated carbocycles. The van der Waals surface area contributed by atoms with Gasteiger partial charge in [0.1, 0.15) is 10.6 Å². The number of urea groups is 1. The SMILES string of the molecule is CN(C)C(=O)Nc1nnc(-c2ccc(C(=O)N(C3CC3)C3CCN(C(=O)OC(C)(C)C)CC3)cc2)s1. The summed E-state index contributed by atoms with van der Waals surface area (Å²) in [6, 6.07) is 7.47. The second kappa shape index (κ2) is 10.4. The minimum absolute atomic E-state index is 0.0240. The molecule has 2 aliphatic rings. The molecule has 4 amide bonds. The molecule has 2 fully saturated rings. The minimum Gasteiger partial charge on any atom is -0.444 e. The summed E-state index contributed by atoms with van der Waals surface area (Å²) in [5, 5.41) is 12.0. The number of hydrogen-bond donors (Lipinski definition) is 1. The zero-order valence-corrected chi connectivity index (χ0v) is 22.3. The molecular formula is C25H34N6O4S. The van der Waals surface area contributed by atoms with Crippen LogP contribution in [0.5, 0.6) is 0 Å². The van der Waals surface area contributed by atoms with Crippen molar-refractivity contribution in [3.8, 4) is 10.6 Å². The molecule has 194 valence electrons. The molecule has 1 aliphatic heterocycles. The Kier molecular flexibility index (Phi) is 7.49. The number of rotatable bonds is 5. The van der Waals surface area contributed by atoms with Crippen molar-refractivity contribution in [3.05, 3.63) is 29.8 Å². The maximum absolute atomic E-state index is 13.5. The summed E-state index contributed by atoms with van der Waals surface area (Å²) < 4.78 is 5.50. The Morgan fingerprint density at radius 3 is 2.17 bits per heavy atom. The van der Waals surface area contributed by atoms with Crippen molar-refractivity contribution in [1.82, 2.24) is 24.9 Å². The van der Waals surface area contributed by atoms with Crippen LogP contribution in [0.15, 0.2) is 24.3 Å². The lowest BCUT2D eigenvalue weighted by molar-refractivity contribution is 0.0142. The number of hydrogen-bond acceptors (Lipinski definition) is 7. The molecular weight excluding hydrogens is 480 g/mol. The fourth-order valence-corrected chi connectivity index (χ4v) is 4.87. The number of aromatic nitrogens is 2. The summed E-state index contributed by atoms with van der Waals surface area (Å²) >= 11 is 1.28. The first-order chi connectivity index (χ1) is 17.0. The molecule has 4 rings (SSSR count). The highest BCUT2D eigenvalue weighted by Gasteiger charge is 2.40. The summed E-state index contributed by atoms with van der Waals surface area (Å²) in [4.78, 5) is 42.9. The van der Waals surface area contributed by atoms with E-state index in [1.165, 1.54) is 16.2 Å². The predicted octanol–water partition coefficient (Wildman–Crippen LogP) is 4.30. The number of piperidine rings is 1. The Hall–Kier alpha value is -3.21. The number of nitrogens with zero attached hydrogens (tertiary/aromatic N) is 5. The maximum Gasteiger partial charge on any atom is 0.410 e. The highest BCUT2D eigenvalue weighted by molar-refractivity contribution is 7.18. The van der Waals surface area contributed by atoms with E-state index in [4.69, 9.17) is 4.74 Å². The van der Waals surface area contributed by atoms with Crippen molar-refractivity contribution >= 4 is 34.5 Å². The van der Waals surface area contributed by atoms with Gasteiger partial charge in [0, 0.05) is 50.4 Å². The van der Waals surface area contributed by atoms with Crippen molar-refractivity contribution in [2.75, 3.05) is 32.5 Å². The first-order valence-electron chi connectivity index (χ1n) is 12.2. The Balaban J connectivity index is 1.39. The number of anilines is 1. The van der Waals surface area contributed by atoms with E-state index in [2.05, 4.69) is 15.5 Å². The second-order valence-electron chi connectivity index (χ2n) is 10.5. The largest absolute Gasteiger partial charge is 0.444 e. The topological polar surface area (TPSA) is 108 Å². The van der Waals surface area contributed by atoms with Crippen molar-refractivity contribution < 1.29 is 19.1 Å². The fourth-order valence-electron chi connectivity index (χ4n) is 4.13. The Bertz CT molecular complexity index is 1100. The van der Waals surface area contributed by atoms with Gasteiger partial charge in [0.2, 0.25) is 5.13 Å². The van der Waals surface area contributed by atoms with Crippen LogP contribution >= 0.6 is 11.3 Å². The van der Waals surface area contributed by atoms with Crippen LogP contribution in [0.3, 0.4) is 0 Å². The van der Waals surface area contributed by atoms with Gasteiger partial charge in [-0.15, -0.1) is 10.2 Å². The van der Waals surface area contributed by atoms with Gasteiger partial charge in [0.15, 0.2) is 0 Å². The molecule has 0 atom stereocenters. The lowest BCUT2D eigenvalue weighted by atomic mass is 10.0. The smallest absolute Gasteiger partial charge is 0.410 e. The van der Waals surface area contributed by atoms with E-state index in [-0.39, 0.29) is 30.1 Å². The molecule has 1 N–H and O–H groups in total. The van der Waals surface area contributed by atoms with Gasteiger partial charge in [-0.3, -0.25) is 10.1 Å². The standard InChI is InChI=1S/C25H34N6O4S/c1-25(2,3)35-24(34)30-14-12-19(13-15-30)31(18-10-11-18)21(32)17-8-6-16(7-9-17)20-27-28-22(36-20)26-23(33)29(4)5/h6-9,18-19H,10-15H2,1-5H3,(H,26,28,33). The normalized spacial score (nSPS) is 16.4. The Morgan fingerprint density at radius 1 is 1.00 bits per heavy atom. The third-order valence-electron chi connectivity index (χ3n) is 6.11. The third kappa shape index (κ3) is 6.31. The number of nitrogens with one attached hydrogen (secondary N) is 1. The van der Waals surface area contributed by atoms with E-state index in [1.807, 2.05) is 49.9 Å². The van der Waals surface area contributed by atoms with Crippen LogP contribution in [0, 0.1) is 0 Å². The zero-order chi connectivity index (χ0) is 26.0. The average molecular weight is 515 g/mol. The van der Waals surface area contributed by atoms with Crippen molar-refractivity contribution in [2.24, 2.45) is 0 Å². The summed E-state index contributed by atoms with van der Waals surface area (Å²) in [5.74, 6) is 0.0240. The lowest BCUT2D eigenvalue weighted by Crippen LogP contribution is -2.50. The molecule has 11 heteroatoms. The van der Waals surface area contributed by atoms with Gasteiger partial charge in [-0.25, -0.2) is 9.59 Å². The quantitative estimate of drug-likeness (QED) is 0.637. The molecule has 0 spiro atoms. The first kappa shape index (κ1) is 25.9. The van der Waals surface area contributed by atoms with Crippen LogP contribution in [0.25, 0.3) is 10.6 Å². The number of amides is 4. The predicted molar refractivity (Wildman–Crippen MR) is 138 cm³/mol. The molecule has 36 heavy (non-hydrogen) atoms. The van der Waals surface area contributed by atoms with E-state index in [0.29, 0.717) is 28.8 Å². The van der Waals surface area contributed by atoms with E-state index < -0.39 is 5.60 Å². The number of benzene rings is 1. The summed E-state index contributed by atoms with van der Waals surface area (Å²) in [7, 11) is 3.31. The van der Waals surface area contributed by atoms with Gasteiger partial charge in [0.05, 0.1) is 0 Å². The molecule has 1 aromatic carbocycles. The maximum atomic E-state index is 13.5. The van der Waals surface area contributed by atoms with E-state index >= 15 is 0 Å². The van der Waals surface area contributed by atoms with Gasteiger partial charge >= 0.3 is 12.1 Å².